The number of benzene rings is 1. The fraction of sp³-hybridized carbons (Fsp3) is 0.389. The van der Waals surface area contributed by atoms with Crippen LogP contribution in [0.15, 0.2) is 42.5 Å². The van der Waals surface area contributed by atoms with Crippen molar-refractivity contribution in [2.75, 3.05) is 25.1 Å². The van der Waals surface area contributed by atoms with Crippen LogP contribution < -0.4 is 15.0 Å². The molecular formula is C18H22N4O2. The summed E-state index contributed by atoms with van der Waals surface area (Å²) in [7, 11) is 1.57. The molecule has 0 saturated carbocycles. The summed E-state index contributed by atoms with van der Waals surface area (Å²) in [6.45, 7) is 2.13. The Kier molecular flexibility index (Phi) is 5.25. The Bertz CT molecular complexity index is 660. The molecule has 126 valence electrons. The van der Waals surface area contributed by atoms with Gasteiger partial charge in [-0.25, -0.2) is 0 Å². The first-order chi connectivity index (χ1) is 11.8. The molecule has 6 heteroatoms. The third-order valence-corrected chi connectivity index (χ3v) is 4.26. The van der Waals surface area contributed by atoms with Gasteiger partial charge in [-0.05, 0) is 24.5 Å². The van der Waals surface area contributed by atoms with Crippen LogP contribution >= 0.6 is 0 Å². The van der Waals surface area contributed by atoms with Crippen LogP contribution in [0.2, 0.25) is 0 Å². The molecule has 1 N–H and O–H groups in total. The lowest BCUT2D eigenvalue weighted by molar-refractivity contribution is -0.125. The second-order valence-corrected chi connectivity index (χ2v) is 5.92. The summed E-state index contributed by atoms with van der Waals surface area (Å²) in [6.07, 6.45) is 1.87. The van der Waals surface area contributed by atoms with E-state index in [0.717, 1.165) is 30.8 Å². The standard InChI is InChI=1S/C18H22N4O2/c1-24-17-10-9-16(20-21-17)22-11-5-8-15(13-22)18(23)19-12-14-6-3-2-4-7-14/h2-4,6-7,9-10,15H,5,8,11-13H2,1H3,(H,19,23). The highest BCUT2D eigenvalue weighted by molar-refractivity contribution is 5.79. The maximum Gasteiger partial charge on any atom is 0.233 e. The fourth-order valence-corrected chi connectivity index (χ4v) is 2.92. The smallest absolute Gasteiger partial charge is 0.233 e. The van der Waals surface area contributed by atoms with Crippen LogP contribution in [-0.4, -0.2) is 36.3 Å². The van der Waals surface area contributed by atoms with Crippen molar-refractivity contribution in [1.29, 1.82) is 0 Å². The minimum Gasteiger partial charge on any atom is -0.480 e. The van der Waals surface area contributed by atoms with E-state index in [2.05, 4.69) is 20.4 Å². The summed E-state index contributed by atoms with van der Waals surface area (Å²) >= 11 is 0. The van der Waals surface area contributed by atoms with E-state index in [1.54, 1.807) is 13.2 Å². The van der Waals surface area contributed by atoms with Crippen LogP contribution in [0.25, 0.3) is 0 Å². The highest BCUT2D eigenvalue weighted by atomic mass is 16.5. The lowest BCUT2D eigenvalue weighted by Crippen LogP contribution is -2.43. The molecule has 1 atom stereocenters. The second-order valence-electron chi connectivity index (χ2n) is 5.92. The van der Waals surface area contributed by atoms with E-state index in [-0.39, 0.29) is 11.8 Å². The number of anilines is 1. The van der Waals surface area contributed by atoms with Gasteiger partial charge in [0.05, 0.1) is 13.0 Å². The Morgan fingerprint density at radius 2 is 2.08 bits per heavy atom. The maximum absolute atomic E-state index is 12.5. The van der Waals surface area contributed by atoms with Crippen molar-refractivity contribution in [3.05, 3.63) is 48.0 Å². The topological polar surface area (TPSA) is 67.3 Å². The van der Waals surface area contributed by atoms with Crippen molar-refractivity contribution in [2.45, 2.75) is 19.4 Å². The Morgan fingerprint density at radius 3 is 2.79 bits per heavy atom. The number of aromatic nitrogens is 2. The molecule has 1 aromatic heterocycles. The third kappa shape index (κ3) is 4.01. The number of carbonyl (C=O) groups is 1. The molecule has 2 aromatic rings. The van der Waals surface area contributed by atoms with E-state index in [1.807, 2.05) is 36.4 Å². The van der Waals surface area contributed by atoms with Crippen molar-refractivity contribution in [3.8, 4) is 5.88 Å². The van der Waals surface area contributed by atoms with E-state index in [4.69, 9.17) is 4.74 Å². The van der Waals surface area contributed by atoms with Gasteiger partial charge in [0, 0.05) is 25.7 Å². The molecule has 1 unspecified atom stereocenters. The van der Waals surface area contributed by atoms with Crippen molar-refractivity contribution in [3.63, 3.8) is 0 Å². The summed E-state index contributed by atoms with van der Waals surface area (Å²) < 4.78 is 5.03. The summed E-state index contributed by atoms with van der Waals surface area (Å²) in [5.41, 5.74) is 1.11. The van der Waals surface area contributed by atoms with Crippen molar-refractivity contribution >= 4 is 11.7 Å². The molecule has 1 fully saturated rings. The number of nitrogens with zero attached hydrogens (tertiary/aromatic N) is 3. The van der Waals surface area contributed by atoms with E-state index in [9.17, 15) is 4.79 Å². The van der Waals surface area contributed by atoms with Crippen LogP contribution in [0.3, 0.4) is 0 Å². The number of amides is 1. The summed E-state index contributed by atoms with van der Waals surface area (Å²) in [5, 5.41) is 11.2. The monoisotopic (exact) mass is 326 g/mol. The molecular weight excluding hydrogens is 304 g/mol. The van der Waals surface area contributed by atoms with Crippen molar-refractivity contribution in [2.24, 2.45) is 5.92 Å². The number of ether oxygens (including phenoxy) is 1. The van der Waals surface area contributed by atoms with Gasteiger partial charge in [0.2, 0.25) is 11.8 Å². The number of carbonyl (C=O) groups excluding carboxylic acids is 1. The van der Waals surface area contributed by atoms with E-state index >= 15 is 0 Å². The highest BCUT2D eigenvalue weighted by Gasteiger charge is 2.26. The quantitative estimate of drug-likeness (QED) is 0.910. The van der Waals surface area contributed by atoms with E-state index < -0.39 is 0 Å². The van der Waals surface area contributed by atoms with Gasteiger partial charge in [-0.2, -0.15) is 0 Å². The fourth-order valence-electron chi connectivity index (χ4n) is 2.92. The molecule has 0 radical (unpaired) electrons. The number of nitrogens with one attached hydrogen (secondary N) is 1. The minimum absolute atomic E-state index is 0.0219. The van der Waals surface area contributed by atoms with Gasteiger partial charge < -0.3 is 15.0 Å². The lowest BCUT2D eigenvalue weighted by atomic mass is 9.97. The van der Waals surface area contributed by atoms with Gasteiger partial charge in [0.15, 0.2) is 5.82 Å². The van der Waals surface area contributed by atoms with Gasteiger partial charge in [-0.1, -0.05) is 30.3 Å². The molecule has 3 rings (SSSR count). The molecule has 0 spiro atoms. The summed E-state index contributed by atoms with van der Waals surface area (Å²) in [4.78, 5) is 14.6. The average molecular weight is 326 g/mol. The highest BCUT2D eigenvalue weighted by Crippen LogP contribution is 2.22. The van der Waals surface area contributed by atoms with Gasteiger partial charge in [-0.15, -0.1) is 10.2 Å². The Morgan fingerprint density at radius 1 is 1.25 bits per heavy atom. The molecule has 0 bridgehead atoms. The lowest BCUT2D eigenvalue weighted by Gasteiger charge is -2.32. The van der Waals surface area contributed by atoms with Crippen LogP contribution in [-0.2, 0) is 11.3 Å². The predicted molar refractivity (Wildman–Crippen MR) is 91.8 cm³/mol. The second kappa shape index (κ2) is 7.77. The van der Waals surface area contributed by atoms with Crippen LogP contribution in [0.1, 0.15) is 18.4 Å². The third-order valence-electron chi connectivity index (χ3n) is 4.26. The van der Waals surface area contributed by atoms with Crippen LogP contribution in [0, 0.1) is 5.92 Å². The van der Waals surface area contributed by atoms with E-state index in [1.165, 1.54) is 0 Å². The summed E-state index contributed by atoms with van der Waals surface area (Å²) in [5.74, 6) is 1.36. The van der Waals surface area contributed by atoms with Crippen molar-refractivity contribution < 1.29 is 9.53 Å². The summed E-state index contributed by atoms with van der Waals surface area (Å²) in [6, 6.07) is 13.6. The zero-order valence-corrected chi connectivity index (χ0v) is 13.8. The van der Waals surface area contributed by atoms with Gasteiger partial charge >= 0.3 is 0 Å². The molecule has 1 saturated heterocycles. The normalized spacial score (nSPS) is 17.4. The number of rotatable bonds is 5. The first-order valence-electron chi connectivity index (χ1n) is 8.20. The molecule has 24 heavy (non-hydrogen) atoms. The maximum atomic E-state index is 12.5. The molecule has 0 aliphatic carbocycles. The Labute approximate surface area is 141 Å². The molecule has 1 aliphatic heterocycles. The average Bonchev–Trinajstić information content (AvgIpc) is 2.67. The predicted octanol–water partition coefficient (Wildman–Crippen LogP) is 2.02. The number of hydrogen-bond acceptors (Lipinski definition) is 5. The van der Waals surface area contributed by atoms with Gasteiger partial charge in [-0.3, -0.25) is 4.79 Å². The molecule has 1 aromatic carbocycles. The van der Waals surface area contributed by atoms with Crippen molar-refractivity contribution in [1.82, 2.24) is 15.5 Å². The Balaban J connectivity index is 1.57. The molecule has 2 heterocycles. The molecule has 1 aliphatic rings. The number of piperidine rings is 1. The SMILES string of the molecule is COc1ccc(N2CCCC(C(=O)NCc3ccccc3)C2)nn1. The first kappa shape index (κ1) is 16.2. The largest absolute Gasteiger partial charge is 0.480 e. The zero-order valence-electron chi connectivity index (χ0n) is 13.8. The number of methoxy groups -OCH3 is 1. The molecule has 6 nitrogen and oxygen atoms in total. The number of hydrogen-bond donors (Lipinski definition) is 1. The van der Waals surface area contributed by atoms with E-state index in [0.29, 0.717) is 19.0 Å². The van der Waals surface area contributed by atoms with Gasteiger partial charge in [0.25, 0.3) is 0 Å². The Hall–Kier alpha value is -2.63. The van der Waals surface area contributed by atoms with Gasteiger partial charge in [0.1, 0.15) is 0 Å². The zero-order chi connectivity index (χ0) is 16.8. The van der Waals surface area contributed by atoms with Crippen LogP contribution in [0.4, 0.5) is 5.82 Å². The first-order valence-corrected chi connectivity index (χ1v) is 8.20. The molecule has 1 amide bonds. The van der Waals surface area contributed by atoms with Crippen LogP contribution in [0.5, 0.6) is 5.88 Å². The minimum atomic E-state index is -0.0219.